The smallest absolute Gasteiger partial charge is 0.182 e. The van der Waals surface area contributed by atoms with Crippen LogP contribution in [0.1, 0.15) is 5.56 Å². The molecule has 0 aliphatic rings. The first-order valence-corrected chi connectivity index (χ1v) is 7.75. The van der Waals surface area contributed by atoms with Crippen LogP contribution in [0.4, 0.5) is 0 Å². The fourth-order valence-corrected chi connectivity index (χ4v) is 2.82. The number of hydrogen-bond acceptors (Lipinski definition) is 3. The Morgan fingerprint density at radius 3 is 2.46 bits per heavy atom. The maximum absolute atomic E-state index is 9.37. The van der Waals surface area contributed by atoms with E-state index in [2.05, 4.69) is 16.2 Å². The molecule has 4 rings (SSSR count). The molecule has 114 valence electrons. The minimum absolute atomic E-state index is 0.482. The number of rotatable bonds is 2. The molecule has 0 saturated heterocycles. The maximum Gasteiger partial charge on any atom is 0.182 e. The number of aromatic nitrogens is 3. The average molecular weight is 331 g/mol. The van der Waals surface area contributed by atoms with Crippen LogP contribution in [0, 0.1) is 11.3 Å². The molecule has 0 aliphatic heterocycles. The Morgan fingerprint density at radius 2 is 1.71 bits per heavy atom. The summed E-state index contributed by atoms with van der Waals surface area (Å²) in [6.07, 6.45) is 0. The van der Waals surface area contributed by atoms with E-state index in [1.165, 1.54) is 0 Å². The van der Waals surface area contributed by atoms with Gasteiger partial charge < -0.3 is 0 Å². The molecule has 24 heavy (non-hydrogen) atoms. The second-order valence-electron chi connectivity index (χ2n) is 5.29. The molecule has 4 nitrogen and oxygen atoms in total. The van der Waals surface area contributed by atoms with Crippen LogP contribution in [-0.4, -0.2) is 14.6 Å². The van der Waals surface area contributed by atoms with Gasteiger partial charge >= 0.3 is 0 Å². The fraction of sp³-hybridized carbons (Fsp3) is 0. The van der Waals surface area contributed by atoms with Crippen molar-refractivity contribution in [1.82, 2.24) is 14.6 Å². The number of fused-ring (bicyclic) bond motifs is 1. The predicted molar refractivity (Wildman–Crippen MR) is 93.6 cm³/mol. The summed E-state index contributed by atoms with van der Waals surface area (Å²) in [4.78, 5) is 4.55. The van der Waals surface area contributed by atoms with Crippen molar-refractivity contribution in [3.8, 4) is 28.7 Å². The zero-order valence-corrected chi connectivity index (χ0v) is 13.3. The maximum atomic E-state index is 9.37. The van der Waals surface area contributed by atoms with Crippen molar-refractivity contribution in [3.63, 3.8) is 0 Å². The van der Waals surface area contributed by atoms with Crippen LogP contribution in [0.3, 0.4) is 0 Å². The van der Waals surface area contributed by atoms with Crippen LogP contribution in [0.15, 0.2) is 66.7 Å². The number of halogens is 1. The van der Waals surface area contributed by atoms with Crippen molar-refractivity contribution in [1.29, 1.82) is 5.26 Å². The first-order chi connectivity index (χ1) is 11.8. The number of nitrogens with zero attached hydrogens (tertiary/aromatic N) is 4. The van der Waals surface area contributed by atoms with Gasteiger partial charge in [0.2, 0.25) is 0 Å². The van der Waals surface area contributed by atoms with E-state index in [-0.39, 0.29) is 0 Å². The van der Waals surface area contributed by atoms with Gasteiger partial charge in [0.05, 0.1) is 11.3 Å². The lowest BCUT2D eigenvalue weighted by molar-refractivity contribution is 0.972. The topological polar surface area (TPSA) is 54.0 Å². The summed E-state index contributed by atoms with van der Waals surface area (Å²) in [6, 6.07) is 23.1. The second-order valence-corrected chi connectivity index (χ2v) is 5.73. The molecule has 2 heterocycles. The summed E-state index contributed by atoms with van der Waals surface area (Å²) in [6.45, 7) is 0. The Morgan fingerprint density at radius 1 is 0.917 bits per heavy atom. The molecule has 5 heteroatoms. The van der Waals surface area contributed by atoms with Gasteiger partial charge in [-0.2, -0.15) is 5.26 Å². The lowest BCUT2D eigenvalue weighted by atomic mass is 10.1. The van der Waals surface area contributed by atoms with Gasteiger partial charge in [0, 0.05) is 16.1 Å². The van der Waals surface area contributed by atoms with Crippen LogP contribution in [0.5, 0.6) is 0 Å². The molecule has 0 aliphatic carbocycles. The Kier molecular flexibility index (Phi) is 3.49. The van der Waals surface area contributed by atoms with Crippen LogP contribution in [0.25, 0.3) is 28.3 Å². The van der Waals surface area contributed by atoms with E-state index in [1.807, 2.05) is 54.6 Å². The van der Waals surface area contributed by atoms with Crippen molar-refractivity contribution in [2.45, 2.75) is 0 Å². The SMILES string of the molecule is N#Cc1ccc(-c2ccccc2)n2nc(-c3cccc(Cl)c3)nc12. The van der Waals surface area contributed by atoms with Crippen molar-refractivity contribution in [3.05, 3.63) is 77.3 Å². The summed E-state index contributed by atoms with van der Waals surface area (Å²) in [5.74, 6) is 0.539. The summed E-state index contributed by atoms with van der Waals surface area (Å²) in [7, 11) is 0. The van der Waals surface area contributed by atoms with E-state index in [4.69, 9.17) is 11.6 Å². The van der Waals surface area contributed by atoms with E-state index in [0.29, 0.717) is 22.1 Å². The van der Waals surface area contributed by atoms with Crippen LogP contribution in [0.2, 0.25) is 5.02 Å². The van der Waals surface area contributed by atoms with Gasteiger partial charge in [-0.3, -0.25) is 0 Å². The van der Waals surface area contributed by atoms with E-state index in [1.54, 1.807) is 16.6 Å². The van der Waals surface area contributed by atoms with E-state index in [0.717, 1.165) is 16.8 Å². The van der Waals surface area contributed by atoms with E-state index in [9.17, 15) is 5.26 Å². The van der Waals surface area contributed by atoms with Gasteiger partial charge in [0.25, 0.3) is 0 Å². The zero-order chi connectivity index (χ0) is 16.5. The molecule has 4 aromatic rings. The molecule has 0 saturated carbocycles. The summed E-state index contributed by atoms with van der Waals surface area (Å²) < 4.78 is 1.71. The molecule has 0 unspecified atom stereocenters. The summed E-state index contributed by atoms with van der Waals surface area (Å²) >= 11 is 6.06. The molecule has 2 aromatic carbocycles. The lowest BCUT2D eigenvalue weighted by Gasteiger charge is -2.04. The second kappa shape index (κ2) is 5.80. The first kappa shape index (κ1) is 14.4. The third-order valence-corrected chi connectivity index (χ3v) is 3.99. The molecule has 0 N–H and O–H groups in total. The third kappa shape index (κ3) is 2.41. The third-order valence-electron chi connectivity index (χ3n) is 3.76. The van der Waals surface area contributed by atoms with Crippen molar-refractivity contribution in [2.75, 3.05) is 0 Å². The van der Waals surface area contributed by atoms with Crippen LogP contribution < -0.4 is 0 Å². The molecule has 0 radical (unpaired) electrons. The molecule has 0 atom stereocenters. The Balaban J connectivity index is 1.99. The molecular weight excluding hydrogens is 320 g/mol. The summed E-state index contributed by atoms with van der Waals surface area (Å²) in [5, 5.41) is 14.6. The number of benzene rings is 2. The Labute approximate surface area is 143 Å². The first-order valence-electron chi connectivity index (χ1n) is 7.37. The highest BCUT2D eigenvalue weighted by Gasteiger charge is 2.14. The Bertz CT molecular complexity index is 1080. The highest BCUT2D eigenvalue weighted by molar-refractivity contribution is 6.30. The lowest BCUT2D eigenvalue weighted by Crippen LogP contribution is -1.96. The summed E-state index contributed by atoms with van der Waals surface area (Å²) in [5.41, 5.74) is 3.72. The molecule has 0 bridgehead atoms. The van der Waals surface area contributed by atoms with Crippen LogP contribution >= 0.6 is 11.6 Å². The predicted octanol–water partition coefficient (Wildman–Crippen LogP) is 4.59. The minimum atomic E-state index is 0.482. The van der Waals surface area contributed by atoms with Gasteiger partial charge in [-0.05, 0) is 24.3 Å². The highest BCUT2D eigenvalue weighted by atomic mass is 35.5. The van der Waals surface area contributed by atoms with Crippen molar-refractivity contribution >= 4 is 17.2 Å². The van der Waals surface area contributed by atoms with Gasteiger partial charge in [-0.25, -0.2) is 9.50 Å². The van der Waals surface area contributed by atoms with Crippen molar-refractivity contribution < 1.29 is 0 Å². The monoisotopic (exact) mass is 330 g/mol. The number of nitriles is 1. The molecule has 0 amide bonds. The van der Waals surface area contributed by atoms with Crippen LogP contribution in [-0.2, 0) is 0 Å². The van der Waals surface area contributed by atoms with Crippen molar-refractivity contribution in [2.24, 2.45) is 0 Å². The van der Waals surface area contributed by atoms with Gasteiger partial charge in [0.1, 0.15) is 6.07 Å². The fourth-order valence-electron chi connectivity index (χ4n) is 2.63. The minimum Gasteiger partial charge on any atom is -0.211 e. The molecular formula is C19H11ClN4. The largest absolute Gasteiger partial charge is 0.211 e. The number of pyridine rings is 1. The average Bonchev–Trinajstić information content (AvgIpc) is 3.07. The van der Waals surface area contributed by atoms with E-state index < -0.39 is 0 Å². The standard InChI is InChI=1S/C19H11ClN4/c20-16-8-4-7-14(11-16)18-22-19-15(12-21)9-10-17(24(19)23-18)13-5-2-1-3-6-13/h1-11H. The van der Waals surface area contributed by atoms with Gasteiger partial charge in [-0.15, -0.1) is 5.10 Å². The number of hydrogen-bond donors (Lipinski definition) is 0. The van der Waals surface area contributed by atoms with Gasteiger partial charge in [0.15, 0.2) is 11.5 Å². The van der Waals surface area contributed by atoms with E-state index >= 15 is 0 Å². The Hall–Kier alpha value is -3.16. The molecule has 0 fully saturated rings. The molecule has 0 spiro atoms. The molecule has 2 aromatic heterocycles. The quantitative estimate of drug-likeness (QED) is 0.540. The normalized spacial score (nSPS) is 10.7. The van der Waals surface area contributed by atoms with Gasteiger partial charge in [-0.1, -0.05) is 54.1 Å². The zero-order valence-electron chi connectivity index (χ0n) is 12.5. The highest BCUT2D eigenvalue weighted by Crippen LogP contribution is 2.25.